The van der Waals surface area contributed by atoms with Crippen LogP contribution in [0.3, 0.4) is 0 Å². The Hall–Kier alpha value is -2.97. The Morgan fingerprint density at radius 1 is 1.06 bits per heavy atom. The Bertz CT molecular complexity index is 1100. The number of hydrogen-bond acceptors (Lipinski definition) is 5. The first-order valence-electron chi connectivity index (χ1n) is 10.2. The standard InChI is InChI=1S/C22H19Cl2N3O5/c23-14-6-8-16(9-7-14)26-20(28)12-19(22(26)30)25(15-3-1-2-4-15)21(29)13-5-10-17(24)18(11-13)27(31)32/h5-11,15,19H,1-4,12H2. The van der Waals surface area contributed by atoms with Crippen molar-refractivity contribution in [3.63, 3.8) is 0 Å². The molecule has 1 atom stereocenters. The van der Waals surface area contributed by atoms with Crippen LogP contribution < -0.4 is 4.90 Å². The van der Waals surface area contributed by atoms with Gasteiger partial charge < -0.3 is 4.90 Å². The van der Waals surface area contributed by atoms with Crippen molar-refractivity contribution in [3.05, 3.63) is 68.2 Å². The van der Waals surface area contributed by atoms with E-state index in [1.807, 2.05) is 0 Å². The van der Waals surface area contributed by atoms with Gasteiger partial charge in [0.05, 0.1) is 17.0 Å². The van der Waals surface area contributed by atoms with Crippen molar-refractivity contribution >= 4 is 52.3 Å². The van der Waals surface area contributed by atoms with E-state index in [1.165, 1.54) is 17.0 Å². The van der Waals surface area contributed by atoms with Crippen LogP contribution in [-0.2, 0) is 9.59 Å². The van der Waals surface area contributed by atoms with Gasteiger partial charge in [-0.15, -0.1) is 0 Å². The van der Waals surface area contributed by atoms with Gasteiger partial charge in [-0.05, 0) is 49.2 Å². The Labute approximate surface area is 193 Å². The first kappa shape index (κ1) is 22.2. The Balaban J connectivity index is 1.70. The summed E-state index contributed by atoms with van der Waals surface area (Å²) in [5.41, 5.74) is 0.0477. The molecule has 32 heavy (non-hydrogen) atoms. The molecule has 0 aromatic heterocycles. The summed E-state index contributed by atoms with van der Waals surface area (Å²) in [5, 5.41) is 11.7. The van der Waals surface area contributed by atoms with Gasteiger partial charge in [-0.3, -0.25) is 24.5 Å². The fourth-order valence-corrected chi connectivity index (χ4v) is 4.69. The molecule has 0 N–H and O–H groups in total. The molecule has 10 heteroatoms. The molecule has 1 saturated carbocycles. The molecule has 2 aromatic rings. The quantitative estimate of drug-likeness (QED) is 0.356. The zero-order valence-electron chi connectivity index (χ0n) is 16.9. The highest BCUT2D eigenvalue weighted by Crippen LogP contribution is 2.34. The summed E-state index contributed by atoms with van der Waals surface area (Å²) in [6, 6.07) is 8.90. The number of halogens is 2. The molecule has 1 aliphatic carbocycles. The highest BCUT2D eigenvalue weighted by Gasteiger charge is 2.47. The molecule has 0 bridgehead atoms. The van der Waals surface area contributed by atoms with E-state index in [2.05, 4.69) is 0 Å². The van der Waals surface area contributed by atoms with Crippen LogP contribution in [0.15, 0.2) is 42.5 Å². The monoisotopic (exact) mass is 475 g/mol. The lowest BCUT2D eigenvalue weighted by molar-refractivity contribution is -0.384. The second kappa shape index (κ2) is 8.88. The van der Waals surface area contributed by atoms with Gasteiger partial charge in [-0.25, -0.2) is 4.90 Å². The maximum absolute atomic E-state index is 13.5. The number of imide groups is 1. The summed E-state index contributed by atoms with van der Waals surface area (Å²) in [5.74, 6) is -1.44. The van der Waals surface area contributed by atoms with Crippen molar-refractivity contribution in [2.24, 2.45) is 0 Å². The van der Waals surface area contributed by atoms with Crippen LogP contribution in [0.5, 0.6) is 0 Å². The molecule has 1 unspecified atom stereocenters. The van der Waals surface area contributed by atoms with Gasteiger partial charge in [0, 0.05) is 22.7 Å². The summed E-state index contributed by atoms with van der Waals surface area (Å²) >= 11 is 11.8. The first-order chi connectivity index (χ1) is 15.3. The van der Waals surface area contributed by atoms with Crippen LogP contribution in [0, 0.1) is 10.1 Å². The predicted molar refractivity (Wildman–Crippen MR) is 119 cm³/mol. The molecule has 0 spiro atoms. The van der Waals surface area contributed by atoms with E-state index in [0.29, 0.717) is 23.6 Å². The number of nitro benzene ring substituents is 1. The molecule has 3 amide bonds. The summed E-state index contributed by atoms with van der Waals surface area (Å²) in [6.45, 7) is 0. The van der Waals surface area contributed by atoms with E-state index in [1.54, 1.807) is 24.3 Å². The van der Waals surface area contributed by atoms with Crippen LogP contribution in [0.25, 0.3) is 0 Å². The van der Waals surface area contributed by atoms with Crippen LogP contribution in [0.1, 0.15) is 42.5 Å². The zero-order valence-corrected chi connectivity index (χ0v) is 18.4. The summed E-state index contributed by atoms with van der Waals surface area (Å²) < 4.78 is 0. The van der Waals surface area contributed by atoms with E-state index < -0.39 is 28.7 Å². The lowest BCUT2D eigenvalue weighted by Gasteiger charge is -2.33. The van der Waals surface area contributed by atoms with Crippen molar-refractivity contribution in [2.75, 3.05) is 4.90 Å². The number of anilines is 1. The topological polar surface area (TPSA) is 101 Å². The molecule has 4 rings (SSSR count). The fraction of sp³-hybridized carbons (Fsp3) is 0.318. The van der Waals surface area contributed by atoms with E-state index in [4.69, 9.17) is 23.2 Å². The van der Waals surface area contributed by atoms with Gasteiger partial charge in [0.2, 0.25) is 5.91 Å². The Morgan fingerprint density at radius 3 is 2.34 bits per heavy atom. The van der Waals surface area contributed by atoms with Crippen LogP contribution in [0.4, 0.5) is 11.4 Å². The van der Waals surface area contributed by atoms with Crippen molar-refractivity contribution in [2.45, 2.75) is 44.2 Å². The second-order valence-electron chi connectivity index (χ2n) is 7.84. The van der Waals surface area contributed by atoms with Gasteiger partial charge in [-0.2, -0.15) is 0 Å². The Kier molecular flexibility index (Phi) is 6.17. The van der Waals surface area contributed by atoms with Gasteiger partial charge in [-0.1, -0.05) is 36.0 Å². The zero-order chi connectivity index (χ0) is 23.0. The Morgan fingerprint density at radius 2 is 1.72 bits per heavy atom. The van der Waals surface area contributed by atoms with Gasteiger partial charge in [0.15, 0.2) is 0 Å². The van der Waals surface area contributed by atoms with E-state index in [-0.39, 0.29) is 28.7 Å². The number of carbonyl (C=O) groups excluding carboxylic acids is 3. The van der Waals surface area contributed by atoms with E-state index in [9.17, 15) is 24.5 Å². The number of hydrogen-bond donors (Lipinski definition) is 0. The molecule has 1 heterocycles. The summed E-state index contributed by atoms with van der Waals surface area (Å²) in [4.78, 5) is 52.7. The van der Waals surface area contributed by atoms with E-state index >= 15 is 0 Å². The third kappa shape index (κ3) is 4.08. The molecular weight excluding hydrogens is 457 g/mol. The molecular formula is C22H19Cl2N3O5. The lowest BCUT2D eigenvalue weighted by atomic mass is 10.1. The third-order valence-corrected chi connectivity index (χ3v) is 6.46. The predicted octanol–water partition coefficient (Wildman–Crippen LogP) is 4.62. The lowest BCUT2D eigenvalue weighted by Crippen LogP contribution is -2.50. The highest BCUT2D eigenvalue weighted by molar-refractivity contribution is 6.33. The average Bonchev–Trinajstić information content (AvgIpc) is 3.38. The van der Waals surface area contributed by atoms with Crippen LogP contribution >= 0.6 is 23.2 Å². The first-order valence-corrected chi connectivity index (χ1v) is 10.9. The number of carbonyl (C=O) groups is 3. The van der Waals surface area contributed by atoms with Gasteiger partial charge >= 0.3 is 0 Å². The van der Waals surface area contributed by atoms with Crippen LogP contribution in [-0.4, -0.2) is 39.6 Å². The number of benzene rings is 2. The minimum Gasteiger partial charge on any atom is -0.323 e. The number of amides is 3. The third-order valence-electron chi connectivity index (χ3n) is 5.89. The summed E-state index contributed by atoms with van der Waals surface area (Å²) in [6.07, 6.45) is 3.02. The van der Waals surface area contributed by atoms with Crippen molar-refractivity contribution < 1.29 is 19.3 Å². The minimum absolute atomic E-state index is 0.0539. The molecule has 166 valence electrons. The smallest absolute Gasteiger partial charge is 0.288 e. The van der Waals surface area contributed by atoms with Crippen molar-refractivity contribution in [1.29, 1.82) is 0 Å². The van der Waals surface area contributed by atoms with E-state index in [0.717, 1.165) is 23.8 Å². The molecule has 2 fully saturated rings. The summed E-state index contributed by atoms with van der Waals surface area (Å²) in [7, 11) is 0. The average molecular weight is 476 g/mol. The number of nitrogens with zero attached hydrogens (tertiary/aromatic N) is 3. The maximum atomic E-state index is 13.5. The maximum Gasteiger partial charge on any atom is 0.288 e. The molecule has 1 aliphatic heterocycles. The normalized spacial score (nSPS) is 18.9. The van der Waals surface area contributed by atoms with Gasteiger partial charge in [0.25, 0.3) is 17.5 Å². The van der Waals surface area contributed by atoms with Crippen molar-refractivity contribution in [3.8, 4) is 0 Å². The highest BCUT2D eigenvalue weighted by atomic mass is 35.5. The molecule has 2 aliphatic rings. The second-order valence-corrected chi connectivity index (χ2v) is 8.68. The van der Waals surface area contributed by atoms with Gasteiger partial charge in [0.1, 0.15) is 11.1 Å². The number of nitro groups is 1. The fourth-order valence-electron chi connectivity index (χ4n) is 4.37. The SMILES string of the molecule is O=C1CC(N(C(=O)c2ccc(Cl)c([N+](=O)[O-])c2)C2CCCC2)C(=O)N1c1ccc(Cl)cc1. The molecule has 2 aromatic carbocycles. The molecule has 1 saturated heterocycles. The van der Waals surface area contributed by atoms with Crippen LogP contribution in [0.2, 0.25) is 10.0 Å². The molecule has 0 radical (unpaired) electrons. The number of rotatable bonds is 5. The minimum atomic E-state index is -0.983. The molecule has 8 nitrogen and oxygen atoms in total. The van der Waals surface area contributed by atoms with Crippen molar-refractivity contribution in [1.82, 2.24) is 4.90 Å². The largest absolute Gasteiger partial charge is 0.323 e.